The third kappa shape index (κ3) is 2.36. The molecule has 0 aliphatic carbocycles. The van der Waals surface area contributed by atoms with Gasteiger partial charge >= 0.3 is 0 Å². The molecule has 0 spiro atoms. The van der Waals surface area contributed by atoms with Gasteiger partial charge in [-0.25, -0.2) is 4.68 Å². The van der Waals surface area contributed by atoms with E-state index in [9.17, 15) is 0 Å². The minimum atomic E-state index is -0.225. The molecule has 1 unspecified atom stereocenters. The zero-order valence-corrected chi connectivity index (χ0v) is 12.0. The highest BCUT2D eigenvalue weighted by atomic mass is 35.5. The Kier molecular flexibility index (Phi) is 3.35. The molecule has 3 rings (SSSR count). The van der Waals surface area contributed by atoms with Gasteiger partial charge < -0.3 is 10.5 Å². The summed E-state index contributed by atoms with van der Waals surface area (Å²) in [5.74, 6) is 0.610. The first-order valence-electron chi connectivity index (χ1n) is 6.54. The molecule has 1 aliphatic heterocycles. The molecule has 2 heterocycles. The number of nitrogen functional groups attached to an aromatic ring is 1. The highest BCUT2D eigenvalue weighted by Gasteiger charge is 2.32. The summed E-state index contributed by atoms with van der Waals surface area (Å²) in [7, 11) is 0. The van der Waals surface area contributed by atoms with Crippen molar-refractivity contribution < 1.29 is 4.74 Å². The minimum Gasteiger partial charge on any atom is -0.398 e. The van der Waals surface area contributed by atoms with E-state index in [4.69, 9.17) is 22.1 Å². The lowest BCUT2D eigenvalue weighted by molar-refractivity contribution is 0.00355. The standard InChI is InChI=1S/C13H16ClN5O/c1-13(6-3-7-20-13)8-19-12(16-17-18-19)9-4-2-5-10(15)11(9)14/h2,4-5H,3,6-8,15H2,1H3. The van der Waals surface area contributed by atoms with Crippen LogP contribution >= 0.6 is 11.6 Å². The van der Waals surface area contributed by atoms with Crippen molar-refractivity contribution in [1.82, 2.24) is 20.2 Å². The van der Waals surface area contributed by atoms with E-state index in [2.05, 4.69) is 22.4 Å². The molecule has 0 saturated carbocycles. The van der Waals surface area contributed by atoms with E-state index in [-0.39, 0.29) is 5.60 Å². The molecular formula is C13H16ClN5O. The number of ether oxygens (including phenoxy) is 1. The summed E-state index contributed by atoms with van der Waals surface area (Å²) in [6.45, 7) is 3.46. The number of tetrazole rings is 1. The molecule has 0 amide bonds. The van der Waals surface area contributed by atoms with Crippen molar-refractivity contribution in [3.8, 4) is 11.4 Å². The number of hydrogen-bond acceptors (Lipinski definition) is 5. The van der Waals surface area contributed by atoms with Crippen LogP contribution in [-0.2, 0) is 11.3 Å². The molecule has 1 saturated heterocycles. The fraction of sp³-hybridized carbons (Fsp3) is 0.462. The predicted octanol–water partition coefficient (Wildman–Crippen LogP) is 2.14. The van der Waals surface area contributed by atoms with Crippen LogP contribution in [0, 0.1) is 0 Å². The zero-order valence-electron chi connectivity index (χ0n) is 11.2. The van der Waals surface area contributed by atoms with Gasteiger partial charge in [0.15, 0.2) is 5.82 Å². The van der Waals surface area contributed by atoms with Gasteiger partial charge in [-0.1, -0.05) is 17.7 Å². The molecule has 0 bridgehead atoms. The number of nitrogens with zero attached hydrogens (tertiary/aromatic N) is 4. The molecular weight excluding hydrogens is 278 g/mol. The Morgan fingerprint density at radius 1 is 1.50 bits per heavy atom. The van der Waals surface area contributed by atoms with Gasteiger partial charge in [-0.3, -0.25) is 0 Å². The van der Waals surface area contributed by atoms with E-state index < -0.39 is 0 Å². The second kappa shape index (κ2) is 5.03. The Balaban J connectivity index is 1.96. The number of rotatable bonds is 3. The van der Waals surface area contributed by atoms with Crippen molar-refractivity contribution in [3.05, 3.63) is 23.2 Å². The third-order valence-electron chi connectivity index (χ3n) is 3.59. The molecule has 1 fully saturated rings. The SMILES string of the molecule is CC1(Cn2nnnc2-c2cccc(N)c2Cl)CCCO1. The largest absolute Gasteiger partial charge is 0.398 e. The molecule has 7 heteroatoms. The summed E-state index contributed by atoms with van der Waals surface area (Å²) in [5.41, 5.74) is 6.86. The van der Waals surface area contributed by atoms with E-state index in [1.807, 2.05) is 12.1 Å². The van der Waals surface area contributed by atoms with Crippen molar-refractivity contribution in [3.63, 3.8) is 0 Å². The van der Waals surface area contributed by atoms with E-state index in [1.54, 1.807) is 10.7 Å². The number of nitrogens with two attached hydrogens (primary N) is 1. The lowest BCUT2D eigenvalue weighted by Crippen LogP contribution is -2.30. The smallest absolute Gasteiger partial charge is 0.183 e. The van der Waals surface area contributed by atoms with Gasteiger partial charge in [-0.15, -0.1) is 5.10 Å². The molecule has 2 aromatic rings. The number of hydrogen-bond donors (Lipinski definition) is 1. The van der Waals surface area contributed by atoms with Gasteiger partial charge in [0, 0.05) is 12.2 Å². The van der Waals surface area contributed by atoms with Crippen LogP contribution < -0.4 is 5.73 Å². The maximum Gasteiger partial charge on any atom is 0.183 e. The summed E-state index contributed by atoms with van der Waals surface area (Å²) in [4.78, 5) is 0. The average Bonchev–Trinajstić information content (AvgIpc) is 3.03. The first kappa shape index (κ1) is 13.3. The average molecular weight is 294 g/mol. The van der Waals surface area contributed by atoms with Crippen LogP contribution in [0.4, 0.5) is 5.69 Å². The summed E-state index contributed by atoms with van der Waals surface area (Å²) >= 11 is 6.24. The van der Waals surface area contributed by atoms with Crippen molar-refractivity contribution >= 4 is 17.3 Å². The first-order chi connectivity index (χ1) is 9.59. The topological polar surface area (TPSA) is 78.9 Å². The predicted molar refractivity (Wildman–Crippen MR) is 76.3 cm³/mol. The van der Waals surface area contributed by atoms with E-state index in [0.29, 0.717) is 23.1 Å². The lowest BCUT2D eigenvalue weighted by atomic mass is 10.0. The van der Waals surface area contributed by atoms with Gasteiger partial charge in [0.1, 0.15) is 0 Å². The van der Waals surface area contributed by atoms with Crippen LogP contribution in [0.2, 0.25) is 5.02 Å². The van der Waals surface area contributed by atoms with E-state index in [0.717, 1.165) is 25.0 Å². The summed E-state index contributed by atoms with van der Waals surface area (Å²) in [5, 5.41) is 12.3. The Hall–Kier alpha value is -1.66. The summed E-state index contributed by atoms with van der Waals surface area (Å²) in [6, 6.07) is 5.45. The zero-order chi connectivity index (χ0) is 14.2. The van der Waals surface area contributed by atoms with Gasteiger partial charge in [0.2, 0.25) is 0 Å². The minimum absolute atomic E-state index is 0.225. The van der Waals surface area contributed by atoms with E-state index >= 15 is 0 Å². The summed E-state index contributed by atoms with van der Waals surface area (Å²) in [6.07, 6.45) is 2.06. The van der Waals surface area contributed by atoms with E-state index in [1.165, 1.54) is 0 Å². The van der Waals surface area contributed by atoms with Crippen LogP contribution in [0.25, 0.3) is 11.4 Å². The van der Waals surface area contributed by atoms with Crippen molar-refractivity contribution in [2.24, 2.45) is 0 Å². The normalized spacial score (nSPS) is 22.3. The number of halogens is 1. The van der Waals surface area contributed by atoms with Crippen molar-refractivity contribution in [2.75, 3.05) is 12.3 Å². The van der Waals surface area contributed by atoms with Crippen LogP contribution in [0.15, 0.2) is 18.2 Å². The monoisotopic (exact) mass is 293 g/mol. The second-order valence-electron chi connectivity index (χ2n) is 5.27. The van der Waals surface area contributed by atoms with Crippen LogP contribution in [-0.4, -0.2) is 32.4 Å². The lowest BCUT2D eigenvalue weighted by Gasteiger charge is -2.23. The first-order valence-corrected chi connectivity index (χ1v) is 6.91. The van der Waals surface area contributed by atoms with Crippen molar-refractivity contribution in [2.45, 2.75) is 31.9 Å². The fourth-order valence-electron chi connectivity index (χ4n) is 2.50. The van der Waals surface area contributed by atoms with Gasteiger partial charge in [0.25, 0.3) is 0 Å². The molecule has 20 heavy (non-hydrogen) atoms. The van der Waals surface area contributed by atoms with Crippen LogP contribution in [0.1, 0.15) is 19.8 Å². The fourth-order valence-corrected chi connectivity index (χ4v) is 2.72. The highest BCUT2D eigenvalue weighted by molar-refractivity contribution is 6.35. The number of anilines is 1. The van der Waals surface area contributed by atoms with Gasteiger partial charge in [0.05, 0.1) is 22.9 Å². The van der Waals surface area contributed by atoms with Crippen LogP contribution in [0.3, 0.4) is 0 Å². The Bertz CT molecular complexity index is 621. The second-order valence-corrected chi connectivity index (χ2v) is 5.65. The van der Waals surface area contributed by atoms with Crippen LogP contribution in [0.5, 0.6) is 0 Å². The quantitative estimate of drug-likeness (QED) is 0.877. The van der Waals surface area contributed by atoms with Gasteiger partial charge in [-0.2, -0.15) is 0 Å². The molecule has 1 aromatic carbocycles. The number of benzene rings is 1. The molecule has 1 aliphatic rings. The molecule has 6 nitrogen and oxygen atoms in total. The molecule has 0 radical (unpaired) electrons. The Morgan fingerprint density at radius 2 is 2.35 bits per heavy atom. The maximum absolute atomic E-state index is 6.24. The Morgan fingerprint density at radius 3 is 3.10 bits per heavy atom. The third-order valence-corrected chi connectivity index (χ3v) is 4.01. The maximum atomic E-state index is 6.24. The molecule has 2 N–H and O–H groups in total. The summed E-state index contributed by atoms with van der Waals surface area (Å²) < 4.78 is 7.51. The van der Waals surface area contributed by atoms with Crippen molar-refractivity contribution in [1.29, 1.82) is 0 Å². The Labute approximate surface area is 121 Å². The highest BCUT2D eigenvalue weighted by Crippen LogP contribution is 2.32. The molecule has 1 aromatic heterocycles. The van der Waals surface area contributed by atoms with Gasteiger partial charge in [-0.05, 0) is 42.3 Å². The molecule has 106 valence electrons. The molecule has 1 atom stereocenters. The number of aromatic nitrogens is 4.